The number of hydrogen-bond donors (Lipinski definition) is 3. The van der Waals surface area contributed by atoms with Gasteiger partial charge in [0, 0.05) is 18.6 Å². The fourth-order valence-corrected chi connectivity index (χ4v) is 1.31. The molecule has 3 N–H and O–H groups in total. The normalized spacial score (nSPS) is 16.5. The smallest absolute Gasteiger partial charge is 0.242 e. The lowest BCUT2D eigenvalue weighted by Crippen LogP contribution is -2.42. The Balaban J connectivity index is 0.00000289. The van der Waals surface area contributed by atoms with Crippen LogP contribution in [0.4, 0.5) is 0 Å². The van der Waals surface area contributed by atoms with E-state index in [0.29, 0.717) is 18.0 Å². The second kappa shape index (κ2) is 9.41. The average Bonchev–Trinajstić information content (AvgIpc) is 3.10. The number of carbonyl (C=O) groups is 1. The number of carbonyl (C=O) groups excluding carboxylic acids is 1. The Labute approximate surface area is 127 Å². The number of amides is 1. The van der Waals surface area contributed by atoms with Gasteiger partial charge in [-0.15, -0.1) is 24.0 Å². The Kier molecular flexibility index (Phi) is 9.13. The van der Waals surface area contributed by atoms with Gasteiger partial charge < -0.3 is 16.0 Å². The average molecular weight is 368 g/mol. The van der Waals surface area contributed by atoms with Crippen molar-refractivity contribution < 1.29 is 4.79 Å². The molecule has 0 aliphatic heterocycles. The van der Waals surface area contributed by atoms with Crippen LogP contribution in [0.15, 0.2) is 4.99 Å². The SMILES string of the molecule is CCNC(=NCC(=O)NC1CC1)NC(C)CC.I. The van der Waals surface area contributed by atoms with E-state index in [1.54, 1.807) is 0 Å². The van der Waals surface area contributed by atoms with Crippen LogP contribution in [-0.2, 0) is 4.79 Å². The number of hydrogen-bond acceptors (Lipinski definition) is 2. The summed E-state index contributed by atoms with van der Waals surface area (Å²) in [7, 11) is 0. The molecule has 0 bridgehead atoms. The van der Waals surface area contributed by atoms with Crippen molar-refractivity contribution in [3.63, 3.8) is 0 Å². The van der Waals surface area contributed by atoms with Gasteiger partial charge in [-0.25, -0.2) is 4.99 Å². The van der Waals surface area contributed by atoms with Crippen molar-refractivity contribution in [2.75, 3.05) is 13.1 Å². The fourth-order valence-electron chi connectivity index (χ4n) is 1.31. The maximum Gasteiger partial charge on any atom is 0.242 e. The van der Waals surface area contributed by atoms with Crippen LogP contribution < -0.4 is 16.0 Å². The van der Waals surface area contributed by atoms with E-state index in [-0.39, 0.29) is 36.4 Å². The van der Waals surface area contributed by atoms with Crippen LogP contribution in [0.1, 0.15) is 40.0 Å². The summed E-state index contributed by atoms with van der Waals surface area (Å²) in [6.07, 6.45) is 3.25. The van der Waals surface area contributed by atoms with Crippen LogP contribution in [0.5, 0.6) is 0 Å². The maximum absolute atomic E-state index is 11.5. The van der Waals surface area contributed by atoms with Crippen LogP contribution in [0.2, 0.25) is 0 Å². The van der Waals surface area contributed by atoms with E-state index in [2.05, 4.69) is 34.8 Å². The number of nitrogens with one attached hydrogen (secondary N) is 3. The number of guanidine groups is 1. The molecule has 0 aromatic carbocycles. The van der Waals surface area contributed by atoms with Gasteiger partial charge in [0.25, 0.3) is 0 Å². The molecular weight excluding hydrogens is 343 g/mol. The lowest BCUT2D eigenvalue weighted by molar-refractivity contribution is -0.119. The van der Waals surface area contributed by atoms with Crippen LogP contribution in [0, 0.1) is 0 Å². The summed E-state index contributed by atoms with van der Waals surface area (Å²) in [5, 5.41) is 9.30. The van der Waals surface area contributed by atoms with E-state index < -0.39 is 0 Å². The van der Waals surface area contributed by atoms with E-state index in [0.717, 1.165) is 25.8 Å². The molecule has 1 amide bonds. The van der Waals surface area contributed by atoms with Gasteiger partial charge in [-0.2, -0.15) is 0 Å². The number of rotatable bonds is 6. The van der Waals surface area contributed by atoms with Crippen molar-refractivity contribution in [1.29, 1.82) is 0 Å². The highest BCUT2D eigenvalue weighted by Crippen LogP contribution is 2.18. The molecule has 1 unspecified atom stereocenters. The molecule has 6 heteroatoms. The van der Waals surface area contributed by atoms with Crippen LogP contribution >= 0.6 is 24.0 Å². The molecule has 0 aromatic heterocycles. The lowest BCUT2D eigenvalue weighted by Gasteiger charge is -2.16. The first-order valence-corrected chi connectivity index (χ1v) is 6.49. The lowest BCUT2D eigenvalue weighted by atomic mass is 10.3. The number of aliphatic imine (C=N–C) groups is 1. The Morgan fingerprint density at radius 1 is 1.39 bits per heavy atom. The predicted octanol–water partition coefficient (Wildman–Crippen LogP) is 1.24. The minimum Gasteiger partial charge on any atom is -0.357 e. The zero-order chi connectivity index (χ0) is 12.7. The summed E-state index contributed by atoms with van der Waals surface area (Å²) >= 11 is 0. The molecule has 1 saturated carbocycles. The number of nitrogens with zero attached hydrogens (tertiary/aromatic N) is 1. The van der Waals surface area contributed by atoms with Gasteiger partial charge in [0.05, 0.1) is 0 Å². The Hall–Kier alpha value is -0.530. The molecule has 0 saturated heterocycles. The molecule has 1 fully saturated rings. The Bertz CT molecular complexity index is 279. The molecule has 0 aromatic rings. The first-order chi connectivity index (χ1) is 8.15. The predicted molar refractivity (Wildman–Crippen MR) is 85.4 cm³/mol. The van der Waals surface area contributed by atoms with Gasteiger partial charge in [-0.1, -0.05) is 6.92 Å². The third-order valence-electron chi connectivity index (χ3n) is 2.66. The van der Waals surface area contributed by atoms with Gasteiger partial charge in [-0.3, -0.25) is 4.79 Å². The fraction of sp³-hybridized carbons (Fsp3) is 0.833. The zero-order valence-corrected chi connectivity index (χ0v) is 13.8. The third kappa shape index (κ3) is 7.73. The van der Waals surface area contributed by atoms with Crippen molar-refractivity contribution in [2.45, 2.75) is 52.1 Å². The second-order valence-corrected chi connectivity index (χ2v) is 4.49. The Morgan fingerprint density at radius 2 is 2.06 bits per heavy atom. The van der Waals surface area contributed by atoms with E-state index in [1.807, 2.05) is 6.92 Å². The largest absolute Gasteiger partial charge is 0.357 e. The molecular formula is C12H25IN4O. The summed E-state index contributed by atoms with van der Waals surface area (Å²) in [5.41, 5.74) is 0. The summed E-state index contributed by atoms with van der Waals surface area (Å²) in [5.74, 6) is 0.724. The van der Waals surface area contributed by atoms with E-state index in [4.69, 9.17) is 0 Å². The van der Waals surface area contributed by atoms with Crippen LogP contribution in [0.3, 0.4) is 0 Å². The molecule has 0 radical (unpaired) electrons. The second-order valence-electron chi connectivity index (χ2n) is 4.49. The summed E-state index contributed by atoms with van der Waals surface area (Å²) in [6, 6.07) is 0.766. The van der Waals surface area contributed by atoms with Gasteiger partial charge in [0.15, 0.2) is 5.96 Å². The summed E-state index contributed by atoms with van der Waals surface area (Å²) < 4.78 is 0. The highest BCUT2D eigenvalue weighted by atomic mass is 127. The standard InChI is InChI=1S/C12H24N4O.HI/c1-4-9(3)15-12(13-5-2)14-8-11(17)16-10-6-7-10;/h9-10H,4-8H2,1-3H3,(H,16,17)(H2,13,14,15);1H. The monoisotopic (exact) mass is 368 g/mol. The van der Waals surface area contributed by atoms with E-state index >= 15 is 0 Å². The van der Waals surface area contributed by atoms with Crippen molar-refractivity contribution in [1.82, 2.24) is 16.0 Å². The first-order valence-electron chi connectivity index (χ1n) is 6.49. The van der Waals surface area contributed by atoms with Gasteiger partial charge in [0.1, 0.15) is 6.54 Å². The molecule has 5 nitrogen and oxygen atoms in total. The van der Waals surface area contributed by atoms with Crippen molar-refractivity contribution in [3.8, 4) is 0 Å². The highest BCUT2D eigenvalue weighted by Gasteiger charge is 2.22. The molecule has 1 aliphatic rings. The van der Waals surface area contributed by atoms with E-state index in [9.17, 15) is 4.79 Å². The molecule has 0 spiro atoms. The highest BCUT2D eigenvalue weighted by molar-refractivity contribution is 14.0. The van der Waals surface area contributed by atoms with Gasteiger partial charge in [0.2, 0.25) is 5.91 Å². The summed E-state index contributed by atoms with van der Waals surface area (Å²) in [4.78, 5) is 15.7. The van der Waals surface area contributed by atoms with Crippen molar-refractivity contribution in [3.05, 3.63) is 0 Å². The molecule has 1 rings (SSSR count). The van der Waals surface area contributed by atoms with E-state index in [1.165, 1.54) is 0 Å². The van der Waals surface area contributed by atoms with Gasteiger partial charge >= 0.3 is 0 Å². The minimum absolute atomic E-state index is 0. The third-order valence-corrected chi connectivity index (χ3v) is 2.66. The molecule has 1 atom stereocenters. The topological polar surface area (TPSA) is 65.5 Å². The first kappa shape index (κ1) is 17.5. The van der Waals surface area contributed by atoms with Gasteiger partial charge in [-0.05, 0) is 33.1 Å². The molecule has 0 heterocycles. The Morgan fingerprint density at radius 3 is 2.56 bits per heavy atom. The molecule has 18 heavy (non-hydrogen) atoms. The maximum atomic E-state index is 11.5. The van der Waals surface area contributed by atoms with Crippen LogP contribution in [0.25, 0.3) is 0 Å². The van der Waals surface area contributed by atoms with Crippen molar-refractivity contribution in [2.24, 2.45) is 4.99 Å². The van der Waals surface area contributed by atoms with Crippen molar-refractivity contribution >= 4 is 35.8 Å². The molecule has 106 valence electrons. The molecule has 1 aliphatic carbocycles. The zero-order valence-electron chi connectivity index (χ0n) is 11.5. The van der Waals surface area contributed by atoms with Crippen LogP contribution in [-0.4, -0.2) is 37.0 Å². The quantitative estimate of drug-likeness (QED) is 0.376. The minimum atomic E-state index is 0. The number of halogens is 1. The summed E-state index contributed by atoms with van der Waals surface area (Å²) in [6.45, 7) is 7.21.